The molecule has 0 aliphatic heterocycles. The summed E-state index contributed by atoms with van der Waals surface area (Å²) in [6.07, 6.45) is 3.94. The molecule has 18 heavy (non-hydrogen) atoms. The van der Waals surface area contributed by atoms with E-state index >= 15 is 0 Å². The van der Waals surface area contributed by atoms with Crippen molar-refractivity contribution in [3.63, 3.8) is 0 Å². The molecule has 2 aromatic heterocycles. The molecule has 2 heterocycles. The van der Waals surface area contributed by atoms with Crippen LogP contribution in [0.5, 0.6) is 0 Å². The van der Waals surface area contributed by atoms with E-state index in [4.69, 9.17) is 10.3 Å². The Labute approximate surface area is 109 Å². The maximum atomic E-state index is 6.19. The van der Waals surface area contributed by atoms with Gasteiger partial charge in [-0.3, -0.25) is 0 Å². The summed E-state index contributed by atoms with van der Waals surface area (Å²) in [5, 5.41) is 5.12. The van der Waals surface area contributed by atoms with Crippen molar-refractivity contribution in [2.24, 2.45) is 5.73 Å². The van der Waals surface area contributed by atoms with E-state index in [2.05, 4.69) is 22.0 Å². The number of thiazole rings is 1. The third-order valence-electron chi connectivity index (χ3n) is 3.45. The van der Waals surface area contributed by atoms with Gasteiger partial charge < -0.3 is 10.3 Å². The van der Waals surface area contributed by atoms with Crippen molar-refractivity contribution in [3.8, 4) is 10.8 Å². The van der Waals surface area contributed by atoms with Gasteiger partial charge in [-0.2, -0.15) is 4.98 Å². The van der Waals surface area contributed by atoms with Crippen molar-refractivity contribution in [3.05, 3.63) is 16.5 Å². The van der Waals surface area contributed by atoms with Crippen LogP contribution in [0.25, 0.3) is 10.8 Å². The first-order chi connectivity index (χ1) is 8.62. The van der Waals surface area contributed by atoms with Gasteiger partial charge in [0.2, 0.25) is 0 Å². The summed E-state index contributed by atoms with van der Waals surface area (Å²) < 4.78 is 5.34. The van der Waals surface area contributed by atoms with Gasteiger partial charge in [0.25, 0.3) is 5.89 Å². The quantitative estimate of drug-likeness (QED) is 0.921. The summed E-state index contributed by atoms with van der Waals surface area (Å²) in [7, 11) is 0. The van der Waals surface area contributed by atoms with Crippen molar-refractivity contribution < 1.29 is 4.52 Å². The lowest BCUT2D eigenvalue weighted by Crippen LogP contribution is -2.44. The molecule has 6 heteroatoms. The van der Waals surface area contributed by atoms with Gasteiger partial charge in [0, 0.05) is 0 Å². The Bertz CT molecular complexity index is 570. The molecule has 1 aliphatic carbocycles. The fourth-order valence-corrected chi connectivity index (χ4v) is 3.03. The van der Waals surface area contributed by atoms with Crippen LogP contribution in [0.15, 0.2) is 4.52 Å². The second-order valence-electron chi connectivity index (χ2n) is 4.81. The van der Waals surface area contributed by atoms with Crippen molar-refractivity contribution in [2.45, 2.75) is 45.1 Å². The Morgan fingerprint density at radius 3 is 2.72 bits per heavy atom. The Kier molecular flexibility index (Phi) is 2.71. The number of nitrogens with zero attached hydrogens (tertiary/aromatic N) is 3. The van der Waals surface area contributed by atoms with E-state index in [-0.39, 0.29) is 5.54 Å². The largest absolute Gasteiger partial charge is 0.333 e. The SMILES string of the molecule is CCc1nc(C)c(-c2nc(C3(N)CCC3)no2)s1. The Morgan fingerprint density at radius 1 is 1.39 bits per heavy atom. The van der Waals surface area contributed by atoms with Gasteiger partial charge in [0.15, 0.2) is 5.82 Å². The van der Waals surface area contributed by atoms with Crippen LogP contribution in [0.2, 0.25) is 0 Å². The highest BCUT2D eigenvalue weighted by Crippen LogP contribution is 2.38. The summed E-state index contributed by atoms with van der Waals surface area (Å²) >= 11 is 1.61. The molecule has 0 spiro atoms. The number of aryl methyl sites for hydroxylation is 2. The highest BCUT2D eigenvalue weighted by molar-refractivity contribution is 7.15. The zero-order chi connectivity index (χ0) is 12.8. The monoisotopic (exact) mass is 264 g/mol. The molecule has 2 N–H and O–H groups in total. The molecule has 1 saturated carbocycles. The zero-order valence-corrected chi connectivity index (χ0v) is 11.4. The second-order valence-corrected chi connectivity index (χ2v) is 5.89. The molecule has 0 saturated heterocycles. The molecule has 0 bridgehead atoms. The van der Waals surface area contributed by atoms with E-state index in [0.717, 1.165) is 41.3 Å². The maximum Gasteiger partial charge on any atom is 0.269 e. The first kappa shape index (κ1) is 11.8. The van der Waals surface area contributed by atoms with Gasteiger partial charge in [-0.15, -0.1) is 11.3 Å². The van der Waals surface area contributed by atoms with Gasteiger partial charge in [0.05, 0.1) is 16.2 Å². The molecule has 1 fully saturated rings. The third-order valence-corrected chi connectivity index (χ3v) is 4.74. The minimum atomic E-state index is -0.367. The van der Waals surface area contributed by atoms with E-state index in [9.17, 15) is 0 Å². The summed E-state index contributed by atoms with van der Waals surface area (Å²) in [6, 6.07) is 0. The fraction of sp³-hybridized carbons (Fsp3) is 0.583. The smallest absolute Gasteiger partial charge is 0.269 e. The first-order valence-corrected chi connectivity index (χ1v) is 7.04. The van der Waals surface area contributed by atoms with Gasteiger partial charge >= 0.3 is 0 Å². The van der Waals surface area contributed by atoms with Crippen molar-refractivity contribution in [1.82, 2.24) is 15.1 Å². The molecule has 3 rings (SSSR count). The molecule has 0 radical (unpaired) electrons. The van der Waals surface area contributed by atoms with E-state index < -0.39 is 0 Å². The first-order valence-electron chi connectivity index (χ1n) is 6.22. The van der Waals surface area contributed by atoms with Crippen LogP contribution in [0.3, 0.4) is 0 Å². The van der Waals surface area contributed by atoms with E-state index in [1.807, 2.05) is 6.92 Å². The molecule has 96 valence electrons. The Hall–Kier alpha value is -1.27. The number of hydrogen-bond donors (Lipinski definition) is 1. The van der Waals surface area contributed by atoms with Gasteiger partial charge in [-0.1, -0.05) is 12.1 Å². The van der Waals surface area contributed by atoms with Crippen molar-refractivity contribution in [2.75, 3.05) is 0 Å². The molecule has 2 aromatic rings. The maximum absolute atomic E-state index is 6.19. The predicted molar refractivity (Wildman–Crippen MR) is 69.2 cm³/mol. The highest BCUT2D eigenvalue weighted by atomic mass is 32.1. The molecule has 1 aliphatic rings. The van der Waals surface area contributed by atoms with Gasteiger partial charge in [-0.25, -0.2) is 4.98 Å². The predicted octanol–water partition coefficient (Wildman–Crippen LogP) is 2.40. The third kappa shape index (κ3) is 1.76. The molecular weight excluding hydrogens is 248 g/mol. The van der Waals surface area contributed by atoms with E-state index in [0.29, 0.717) is 11.7 Å². The number of hydrogen-bond acceptors (Lipinski definition) is 6. The minimum Gasteiger partial charge on any atom is -0.333 e. The van der Waals surface area contributed by atoms with Crippen LogP contribution in [-0.2, 0) is 12.0 Å². The number of nitrogens with two attached hydrogens (primary N) is 1. The molecule has 5 nitrogen and oxygen atoms in total. The van der Waals surface area contributed by atoms with Crippen LogP contribution in [0.4, 0.5) is 0 Å². The normalized spacial score (nSPS) is 17.7. The zero-order valence-electron chi connectivity index (χ0n) is 10.6. The summed E-state index contributed by atoms with van der Waals surface area (Å²) in [6.45, 7) is 4.06. The summed E-state index contributed by atoms with van der Waals surface area (Å²) in [5.41, 5.74) is 6.77. The molecule has 0 unspecified atom stereocenters. The Morgan fingerprint density at radius 2 is 2.17 bits per heavy atom. The standard InChI is InChI=1S/C12H16N4OS/c1-3-8-14-7(2)9(18-8)10-15-11(16-17-10)12(13)5-4-6-12/h3-6,13H2,1-2H3. The van der Waals surface area contributed by atoms with E-state index in [1.54, 1.807) is 11.3 Å². The highest BCUT2D eigenvalue weighted by Gasteiger charge is 2.39. The minimum absolute atomic E-state index is 0.367. The van der Waals surface area contributed by atoms with Crippen LogP contribution >= 0.6 is 11.3 Å². The van der Waals surface area contributed by atoms with Crippen LogP contribution in [-0.4, -0.2) is 15.1 Å². The van der Waals surface area contributed by atoms with Crippen LogP contribution < -0.4 is 5.73 Å². The lowest BCUT2D eigenvalue weighted by molar-refractivity contribution is 0.229. The van der Waals surface area contributed by atoms with Gasteiger partial charge in [-0.05, 0) is 32.6 Å². The van der Waals surface area contributed by atoms with Crippen LogP contribution in [0.1, 0.15) is 42.7 Å². The van der Waals surface area contributed by atoms with E-state index in [1.165, 1.54) is 0 Å². The topological polar surface area (TPSA) is 77.8 Å². The molecular formula is C12H16N4OS. The van der Waals surface area contributed by atoms with Crippen molar-refractivity contribution in [1.29, 1.82) is 0 Å². The van der Waals surface area contributed by atoms with Gasteiger partial charge in [0.1, 0.15) is 4.88 Å². The number of aromatic nitrogens is 3. The lowest BCUT2D eigenvalue weighted by atomic mass is 9.77. The summed E-state index contributed by atoms with van der Waals surface area (Å²) in [5.74, 6) is 1.19. The molecule has 0 aromatic carbocycles. The van der Waals surface area contributed by atoms with Crippen LogP contribution in [0, 0.1) is 6.92 Å². The summed E-state index contributed by atoms with van der Waals surface area (Å²) in [4.78, 5) is 9.89. The number of rotatable bonds is 3. The fourth-order valence-electron chi connectivity index (χ4n) is 2.10. The Balaban J connectivity index is 1.95. The average molecular weight is 264 g/mol. The lowest BCUT2D eigenvalue weighted by Gasteiger charge is -2.34. The second kappa shape index (κ2) is 4.13. The molecule has 0 amide bonds. The average Bonchev–Trinajstić information content (AvgIpc) is 2.92. The molecule has 0 atom stereocenters. The van der Waals surface area contributed by atoms with Crippen molar-refractivity contribution >= 4 is 11.3 Å².